The number of nitro groups is 1. The molecule has 10 nitrogen and oxygen atoms in total. The SMILES string of the molecule is O=C(CN1C(=O)N/C(=C/c2cc(Cl)c(OCc3ccc([N+](=O)[O-])cc3)c(Br)c2)C1=O)Nc1ccccc1F. The van der Waals surface area contributed by atoms with Gasteiger partial charge in [-0.05, 0) is 69.5 Å². The van der Waals surface area contributed by atoms with Gasteiger partial charge in [0, 0.05) is 12.1 Å². The minimum atomic E-state index is -0.807. The first kappa shape index (κ1) is 26.8. The van der Waals surface area contributed by atoms with Crippen molar-refractivity contribution in [3.8, 4) is 5.75 Å². The zero-order valence-electron chi connectivity index (χ0n) is 19.2. The van der Waals surface area contributed by atoms with Crippen LogP contribution in [0.15, 0.2) is 70.8 Å². The summed E-state index contributed by atoms with van der Waals surface area (Å²) in [6.45, 7) is -0.522. The fraction of sp³-hybridized carbons (Fsp3) is 0.0800. The van der Waals surface area contributed by atoms with Crippen LogP contribution in [0.4, 0.5) is 20.6 Å². The number of nitrogens with one attached hydrogen (secondary N) is 2. The van der Waals surface area contributed by atoms with Crippen molar-refractivity contribution in [3.63, 3.8) is 0 Å². The van der Waals surface area contributed by atoms with Crippen molar-refractivity contribution < 1.29 is 28.4 Å². The maximum atomic E-state index is 13.8. The normalized spacial score (nSPS) is 14.0. The van der Waals surface area contributed by atoms with E-state index in [9.17, 15) is 28.9 Å². The summed E-state index contributed by atoms with van der Waals surface area (Å²) in [5.74, 6) is -1.84. The predicted molar refractivity (Wildman–Crippen MR) is 140 cm³/mol. The molecule has 3 aromatic rings. The van der Waals surface area contributed by atoms with Gasteiger partial charge in [0.1, 0.15) is 24.7 Å². The van der Waals surface area contributed by atoms with Gasteiger partial charge in [0.15, 0.2) is 5.75 Å². The van der Waals surface area contributed by atoms with Gasteiger partial charge < -0.3 is 15.4 Å². The average Bonchev–Trinajstić information content (AvgIpc) is 3.12. The monoisotopic (exact) mass is 602 g/mol. The minimum absolute atomic E-state index is 0.0387. The first-order valence-electron chi connectivity index (χ1n) is 10.9. The Morgan fingerprint density at radius 2 is 1.89 bits per heavy atom. The Hall–Kier alpha value is -4.29. The lowest BCUT2D eigenvalue weighted by Crippen LogP contribution is -2.38. The van der Waals surface area contributed by atoms with Crippen molar-refractivity contribution in [2.24, 2.45) is 0 Å². The Kier molecular flexibility index (Phi) is 8.03. The number of nitro benzene ring substituents is 1. The number of benzene rings is 3. The Labute approximate surface area is 228 Å². The smallest absolute Gasteiger partial charge is 0.329 e. The molecule has 0 spiro atoms. The van der Waals surface area contributed by atoms with Gasteiger partial charge in [0.2, 0.25) is 5.91 Å². The van der Waals surface area contributed by atoms with Gasteiger partial charge in [-0.2, -0.15) is 0 Å². The van der Waals surface area contributed by atoms with Crippen LogP contribution in [-0.2, 0) is 16.2 Å². The third-order valence-electron chi connectivity index (χ3n) is 5.27. The summed E-state index contributed by atoms with van der Waals surface area (Å²) >= 11 is 9.73. The molecule has 1 aliphatic heterocycles. The van der Waals surface area contributed by atoms with E-state index in [-0.39, 0.29) is 28.7 Å². The number of ether oxygens (including phenoxy) is 1. The van der Waals surface area contributed by atoms with E-state index in [1.54, 1.807) is 18.2 Å². The van der Waals surface area contributed by atoms with Crippen LogP contribution in [0, 0.1) is 15.9 Å². The third kappa shape index (κ3) is 6.15. The van der Waals surface area contributed by atoms with E-state index < -0.39 is 35.1 Å². The minimum Gasteiger partial charge on any atom is -0.486 e. The molecule has 1 saturated heterocycles. The number of amides is 4. The molecule has 0 unspecified atom stereocenters. The average molecular weight is 604 g/mol. The van der Waals surface area contributed by atoms with Crippen molar-refractivity contribution >= 4 is 62.8 Å². The van der Waals surface area contributed by atoms with Gasteiger partial charge in [-0.25, -0.2) is 14.1 Å². The van der Waals surface area contributed by atoms with Gasteiger partial charge in [-0.15, -0.1) is 0 Å². The molecule has 0 saturated carbocycles. The highest BCUT2D eigenvalue weighted by atomic mass is 79.9. The molecule has 0 aromatic heterocycles. The van der Waals surface area contributed by atoms with E-state index in [2.05, 4.69) is 26.6 Å². The molecule has 1 aliphatic rings. The molecule has 13 heteroatoms. The zero-order valence-corrected chi connectivity index (χ0v) is 21.6. The first-order valence-corrected chi connectivity index (χ1v) is 12.0. The van der Waals surface area contributed by atoms with Crippen molar-refractivity contribution in [1.29, 1.82) is 0 Å². The van der Waals surface area contributed by atoms with Crippen molar-refractivity contribution in [3.05, 3.63) is 103 Å². The third-order valence-corrected chi connectivity index (χ3v) is 6.14. The van der Waals surface area contributed by atoms with Crippen molar-refractivity contribution in [1.82, 2.24) is 10.2 Å². The van der Waals surface area contributed by atoms with Gasteiger partial charge in [0.05, 0.1) is 20.1 Å². The molecule has 4 amide bonds. The molecule has 38 heavy (non-hydrogen) atoms. The zero-order chi connectivity index (χ0) is 27.4. The number of carbonyl (C=O) groups excluding carboxylic acids is 3. The number of rotatable bonds is 8. The van der Waals surface area contributed by atoms with Crippen LogP contribution in [0.5, 0.6) is 5.75 Å². The lowest BCUT2D eigenvalue weighted by atomic mass is 10.1. The summed E-state index contributed by atoms with van der Waals surface area (Å²) in [4.78, 5) is 48.3. The second-order valence-electron chi connectivity index (χ2n) is 7.93. The number of carbonyl (C=O) groups is 3. The van der Waals surface area contributed by atoms with Crippen LogP contribution in [0.25, 0.3) is 6.08 Å². The van der Waals surface area contributed by atoms with Crippen LogP contribution in [-0.4, -0.2) is 34.2 Å². The Morgan fingerprint density at radius 1 is 1.18 bits per heavy atom. The number of nitrogens with zero attached hydrogens (tertiary/aromatic N) is 2. The fourth-order valence-electron chi connectivity index (χ4n) is 3.45. The molecule has 2 N–H and O–H groups in total. The number of halogens is 3. The molecule has 1 fully saturated rings. The Balaban J connectivity index is 1.43. The summed E-state index contributed by atoms with van der Waals surface area (Å²) in [6.07, 6.45) is 1.38. The maximum absolute atomic E-state index is 13.8. The van der Waals surface area contributed by atoms with E-state index >= 15 is 0 Å². The van der Waals surface area contributed by atoms with Gasteiger partial charge in [0.25, 0.3) is 11.6 Å². The number of non-ortho nitro benzene ring substituents is 1. The fourth-order valence-corrected chi connectivity index (χ4v) is 4.44. The second-order valence-corrected chi connectivity index (χ2v) is 9.19. The quantitative estimate of drug-likeness (QED) is 0.156. The van der Waals surface area contributed by atoms with Crippen LogP contribution in [0.2, 0.25) is 5.02 Å². The van der Waals surface area contributed by atoms with Gasteiger partial charge in [-0.1, -0.05) is 23.7 Å². The predicted octanol–water partition coefficient (Wildman–Crippen LogP) is 5.26. The first-order chi connectivity index (χ1) is 18.1. The molecular formula is C25H17BrClFN4O6. The number of para-hydroxylation sites is 1. The van der Waals surface area contributed by atoms with Crippen molar-refractivity contribution in [2.75, 3.05) is 11.9 Å². The van der Waals surface area contributed by atoms with Crippen LogP contribution < -0.4 is 15.4 Å². The van der Waals surface area contributed by atoms with Gasteiger partial charge >= 0.3 is 6.03 Å². The molecule has 194 valence electrons. The highest BCUT2D eigenvalue weighted by Gasteiger charge is 2.35. The number of urea groups is 1. The number of imide groups is 1. The summed E-state index contributed by atoms with van der Waals surface area (Å²) in [6, 6.07) is 13.7. The van der Waals surface area contributed by atoms with E-state index in [0.29, 0.717) is 26.2 Å². The summed E-state index contributed by atoms with van der Waals surface area (Å²) in [5.41, 5.74) is 0.934. The summed E-state index contributed by atoms with van der Waals surface area (Å²) in [7, 11) is 0. The summed E-state index contributed by atoms with van der Waals surface area (Å²) in [5, 5.41) is 15.7. The van der Waals surface area contributed by atoms with Crippen molar-refractivity contribution in [2.45, 2.75) is 6.61 Å². The van der Waals surface area contributed by atoms with E-state index in [1.807, 2.05) is 0 Å². The Morgan fingerprint density at radius 3 is 2.55 bits per heavy atom. The molecule has 1 heterocycles. The number of anilines is 1. The maximum Gasteiger partial charge on any atom is 0.329 e. The lowest BCUT2D eigenvalue weighted by Gasteiger charge is -2.12. The highest BCUT2D eigenvalue weighted by molar-refractivity contribution is 9.10. The van der Waals surface area contributed by atoms with E-state index in [1.165, 1.54) is 48.5 Å². The standard InChI is InChI=1S/C25H17BrClFN4O6/c26-17-9-15(10-18(27)23(17)38-13-14-5-7-16(8-6-14)32(36)37)11-21-24(34)31(25(35)30-21)12-22(33)29-20-4-2-1-3-19(20)28/h1-11H,12-13H2,(H,29,33)(H,30,35)/b21-11+. The van der Waals surface area contributed by atoms with E-state index in [4.69, 9.17) is 16.3 Å². The Bertz CT molecular complexity index is 1460. The molecule has 0 atom stereocenters. The molecule has 0 aliphatic carbocycles. The largest absolute Gasteiger partial charge is 0.486 e. The number of hydrogen-bond donors (Lipinski definition) is 2. The lowest BCUT2D eigenvalue weighted by molar-refractivity contribution is -0.384. The van der Waals surface area contributed by atoms with Gasteiger partial charge in [-0.3, -0.25) is 19.7 Å². The second kappa shape index (κ2) is 11.4. The van der Waals surface area contributed by atoms with E-state index in [0.717, 1.165) is 0 Å². The molecule has 4 rings (SSSR count). The van der Waals surface area contributed by atoms with Crippen LogP contribution in [0.3, 0.4) is 0 Å². The molecule has 0 radical (unpaired) electrons. The van der Waals surface area contributed by atoms with Crippen LogP contribution >= 0.6 is 27.5 Å². The van der Waals surface area contributed by atoms with Crippen LogP contribution in [0.1, 0.15) is 11.1 Å². The topological polar surface area (TPSA) is 131 Å². The number of hydrogen-bond acceptors (Lipinski definition) is 6. The summed E-state index contributed by atoms with van der Waals surface area (Å²) < 4.78 is 20.0. The molecule has 0 bridgehead atoms. The highest BCUT2D eigenvalue weighted by Crippen LogP contribution is 2.36. The molecule has 3 aromatic carbocycles. The molecular weight excluding hydrogens is 587 g/mol.